The van der Waals surface area contributed by atoms with Crippen LogP contribution in [0.1, 0.15) is 18.4 Å². The summed E-state index contributed by atoms with van der Waals surface area (Å²) in [6.45, 7) is 1.92. The average Bonchev–Trinajstić information content (AvgIpc) is 3.16. The van der Waals surface area contributed by atoms with E-state index in [2.05, 4.69) is 9.97 Å². The van der Waals surface area contributed by atoms with Crippen LogP contribution in [0.5, 0.6) is 5.75 Å². The number of aromatic nitrogens is 2. The molecule has 0 bridgehead atoms. The molecule has 1 saturated carbocycles. The van der Waals surface area contributed by atoms with Crippen molar-refractivity contribution in [3.63, 3.8) is 0 Å². The molecule has 1 fully saturated rings. The van der Waals surface area contributed by atoms with Crippen molar-refractivity contribution in [3.05, 3.63) is 46.5 Å². The van der Waals surface area contributed by atoms with Gasteiger partial charge in [-0.05, 0) is 37.5 Å². The van der Waals surface area contributed by atoms with Crippen molar-refractivity contribution >= 4 is 0 Å². The smallest absolute Gasteiger partial charge is 0.345 e. The summed E-state index contributed by atoms with van der Waals surface area (Å²) in [6.07, 6.45) is 4.23. The first kappa shape index (κ1) is 11.0. The molecule has 1 aliphatic carbocycles. The third-order valence-corrected chi connectivity index (χ3v) is 2.95. The Balaban J connectivity index is 1.99. The van der Waals surface area contributed by atoms with Crippen molar-refractivity contribution in [3.8, 4) is 17.0 Å². The highest BCUT2D eigenvalue weighted by atomic mass is 16.5. The molecule has 92 valence electrons. The maximum Gasteiger partial charge on any atom is 0.345 e. The van der Waals surface area contributed by atoms with Crippen LogP contribution in [0.3, 0.4) is 0 Å². The number of H-pyrrole nitrogens is 1. The minimum atomic E-state index is -0.330. The third-order valence-electron chi connectivity index (χ3n) is 2.95. The Morgan fingerprint density at radius 2 is 2.22 bits per heavy atom. The first-order valence-electron chi connectivity index (χ1n) is 6.05. The molecule has 0 saturated heterocycles. The summed E-state index contributed by atoms with van der Waals surface area (Å²) < 4.78 is 5.75. The molecule has 0 aliphatic heterocycles. The van der Waals surface area contributed by atoms with E-state index >= 15 is 0 Å². The van der Waals surface area contributed by atoms with Crippen molar-refractivity contribution in [2.45, 2.75) is 25.9 Å². The Morgan fingerprint density at radius 3 is 3.00 bits per heavy atom. The van der Waals surface area contributed by atoms with Gasteiger partial charge in [0, 0.05) is 11.8 Å². The van der Waals surface area contributed by atoms with Gasteiger partial charge in [0.15, 0.2) is 0 Å². The fourth-order valence-electron chi connectivity index (χ4n) is 1.86. The summed E-state index contributed by atoms with van der Waals surface area (Å²) in [5.74, 6) is 0.854. The van der Waals surface area contributed by atoms with Crippen LogP contribution >= 0.6 is 0 Å². The zero-order valence-electron chi connectivity index (χ0n) is 10.1. The van der Waals surface area contributed by atoms with Gasteiger partial charge in [-0.1, -0.05) is 12.1 Å². The molecule has 0 atom stereocenters. The zero-order chi connectivity index (χ0) is 12.5. The molecule has 4 nitrogen and oxygen atoms in total. The van der Waals surface area contributed by atoms with Crippen molar-refractivity contribution < 1.29 is 4.74 Å². The van der Waals surface area contributed by atoms with Gasteiger partial charge >= 0.3 is 5.69 Å². The van der Waals surface area contributed by atoms with E-state index in [0.717, 1.165) is 35.4 Å². The Bertz CT molecular complexity index is 630. The molecule has 18 heavy (non-hydrogen) atoms. The average molecular weight is 242 g/mol. The highest BCUT2D eigenvalue weighted by Gasteiger charge is 2.23. The van der Waals surface area contributed by atoms with Gasteiger partial charge in [0.2, 0.25) is 0 Å². The van der Waals surface area contributed by atoms with Gasteiger partial charge in [-0.15, -0.1) is 0 Å². The second-order valence-electron chi connectivity index (χ2n) is 4.59. The Labute approximate surface area is 105 Å². The van der Waals surface area contributed by atoms with Crippen molar-refractivity contribution in [2.75, 3.05) is 0 Å². The van der Waals surface area contributed by atoms with E-state index < -0.39 is 0 Å². The Kier molecular flexibility index (Phi) is 2.63. The van der Waals surface area contributed by atoms with E-state index in [1.165, 1.54) is 0 Å². The molecule has 1 N–H and O–H groups in total. The van der Waals surface area contributed by atoms with E-state index in [1.54, 1.807) is 6.20 Å². The van der Waals surface area contributed by atoms with Gasteiger partial charge in [0.1, 0.15) is 5.75 Å². The Morgan fingerprint density at radius 1 is 1.39 bits per heavy atom. The van der Waals surface area contributed by atoms with Crippen LogP contribution in [0.15, 0.2) is 35.3 Å². The molecule has 4 heteroatoms. The second kappa shape index (κ2) is 4.29. The minimum Gasteiger partial charge on any atom is -0.490 e. The van der Waals surface area contributed by atoms with Crippen LogP contribution in [-0.4, -0.2) is 16.1 Å². The van der Waals surface area contributed by atoms with Gasteiger partial charge in [-0.25, -0.2) is 9.78 Å². The lowest BCUT2D eigenvalue weighted by Gasteiger charge is -2.08. The van der Waals surface area contributed by atoms with Crippen molar-refractivity contribution in [2.24, 2.45) is 0 Å². The lowest BCUT2D eigenvalue weighted by atomic mass is 10.1. The highest BCUT2D eigenvalue weighted by Crippen LogP contribution is 2.29. The maximum absolute atomic E-state index is 11.3. The standard InChI is InChI=1S/C14H14N2O2/c1-9-8-15-14(17)16-13(9)10-3-2-4-12(7-10)18-11-5-6-11/h2-4,7-8,11H,5-6H2,1H3,(H,15,16,17). The normalized spacial score (nSPS) is 14.5. The molecule has 3 rings (SSSR count). The van der Waals surface area contributed by atoms with E-state index in [0.29, 0.717) is 6.10 Å². The number of aromatic amines is 1. The van der Waals surface area contributed by atoms with Gasteiger partial charge < -0.3 is 9.72 Å². The maximum atomic E-state index is 11.3. The largest absolute Gasteiger partial charge is 0.490 e. The fourth-order valence-corrected chi connectivity index (χ4v) is 1.86. The SMILES string of the molecule is Cc1cnc(=O)[nH]c1-c1cccc(OC2CC2)c1. The molecular formula is C14H14N2O2. The number of ether oxygens (including phenoxy) is 1. The molecule has 2 aromatic rings. The van der Waals surface area contributed by atoms with Crippen LogP contribution in [0.2, 0.25) is 0 Å². The Hall–Kier alpha value is -2.10. The first-order valence-corrected chi connectivity index (χ1v) is 6.05. The van der Waals surface area contributed by atoms with Crippen molar-refractivity contribution in [1.82, 2.24) is 9.97 Å². The number of rotatable bonds is 3. The van der Waals surface area contributed by atoms with Gasteiger partial charge in [0.25, 0.3) is 0 Å². The van der Waals surface area contributed by atoms with Crippen LogP contribution in [0, 0.1) is 6.92 Å². The summed E-state index contributed by atoms with van der Waals surface area (Å²) >= 11 is 0. The van der Waals surface area contributed by atoms with Gasteiger partial charge in [-0.2, -0.15) is 0 Å². The van der Waals surface area contributed by atoms with Crippen molar-refractivity contribution in [1.29, 1.82) is 0 Å². The minimum absolute atomic E-state index is 0.330. The molecule has 1 aromatic heterocycles. The molecule has 1 aliphatic rings. The number of nitrogens with one attached hydrogen (secondary N) is 1. The summed E-state index contributed by atoms with van der Waals surface area (Å²) in [7, 11) is 0. The number of benzene rings is 1. The number of aryl methyl sites for hydroxylation is 1. The lowest BCUT2D eigenvalue weighted by molar-refractivity contribution is 0.303. The van der Waals surface area contributed by atoms with E-state index in [4.69, 9.17) is 4.74 Å². The van der Waals surface area contributed by atoms with Crippen LogP contribution in [0.25, 0.3) is 11.3 Å². The molecule has 0 amide bonds. The predicted octanol–water partition coefficient (Wildman–Crippen LogP) is 2.29. The molecule has 1 heterocycles. The number of hydrogen-bond donors (Lipinski definition) is 1. The lowest BCUT2D eigenvalue weighted by Crippen LogP contribution is -2.11. The predicted molar refractivity (Wildman–Crippen MR) is 68.7 cm³/mol. The summed E-state index contributed by atoms with van der Waals surface area (Å²) in [6, 6.07) is 7.79. The summed E-state index contributed by atoms with van der Waals surface area (Å²) in [5, 5.41) is 0. The van der Waals surface area contributed by atoms with Gasteiger partial charge in [-0.3, -0.25) is 0 Å². The fraction of sp³-hybridized carbons (Fsp3) is 0.286. The van der Waals surface area contributed by atoms with E-state index in [9.17, 15) is 4.79 Å². The molecular weight excluding hydrogens is 228 g/mol. The quantitative estimate of drug-likeness (QED) is 0.898. The molecule has 1 aromatic carbocycles. The van der Waals surface area contributed by atoms with Crippen LogP contribution in [-0.2, 0) is 0 Å². The second-order valence-corrected chi connectivity index (χ2v) is 4.59. The zero-order valence-corrected chi connectivity index (χ0v) is 10.1. The highest BCUT2D eigenvalue weighted by molar-refractivity contribution is 5.63. The third kappa shape index (κ3) is 2.27. The molecule has 0 spiro atoms. The summed E-state index contributed by atoms with van der Waals surface area (Å²) in [4.78, 5) is 17.8. The topological polar surface area (TPSA) is 55.0 Å². The number of hydrogen-bond acceptors (Lipinski definition) is 3. The molecule has 0 radical (unpaired) electrons. The van der Waals surface area contributed by atoms with E-state index in [1.807, 2.05) is 31.2 Å². The van der Waals surface area contributed by atoms with Gasteiger partial charge in [0.05, 0.1) is 11.8 Å². The molecule has 0 unspecified atom stereocenters. The van der Waals surface area contributed by atoms with Crippen LogP contribution < -0.4 is 10.4 Å². The summed E-state index contributed by atoms with van der Waals surface area (Å²) in [5.41, 5.74) is 2.36. The monoisotopic (exact) mass is 242 g/mol. The van der Waals surface area contributed by atoms with Crippen LogP contribution in [0.4, 0.5) is 0 Å². The van der Waals surface area contributed by atoms with E-state index in [-0.39, 0.29) is 5.69 Å². The first-order chi connectivity index (χ1) is 8.72. The number of nitrogens with zero attached hydrogens (tertiary/aromatic N) is 1.